The molecule has 106 valence electrons. The lowest BCUT2D eigenvalue weighted by Gasteiger charge is -2.11. The number of guanidine groups is 1. The van der Waals surface area contributed by atoms with Gasteiger partial charge in [0.05, 0.1) is 0 Å². The molecule has 0 saturated carbocycles. The van der Waals surface area contributed by atoms with Crippen molar-refractivity contribution in [3.8, 4) is 0 Å². The monoisotopic (exact) mass is 258 g/mol. The van der Waals surface area contributed by atoms with Gasteiger partial charge in [-0.25, -0.2) is 5.84 Å². The number of nitrogens with zero attached hydrogens (tertiary/aromatic N) is 1. The van der Waals surface area contributed by atoms with E-state index in [4.69, 9.17) is 15.3 Å². The SMILES string of the molecule is CCOCCCN=C(NN)NCCC1CCOC1. The molecule has 6 nitrogen and oxygen atoms in total. The standard InChI is InChI=1S/C12H26N4O2/c1-2-17-8-3-6-14-12(16-13)15-7-4-11-5-9-18-10-11/h11H,2-10,13H2,1H3,(H2,14,15,16). The van der Waals surface area contributed by atoms with Crippen LogP contribution in [0.3, 0.4) is 0 Å². The van der Waals surface area contributed by atoms with E-state index in [0.717, 1.165) is 52.4 Å². The van der Waals surface area contributed by atoms with Gasteiger partial charge in [-0.2, -0.15) is 0 Å². The van der Waals surface area contributed by atoms with Crippen LogP contribution in [0.2, 0.25) is 0 Å². The minimum Gasteiger partial charge on any atom is -0.382 e. The Morgan fingerprint density at radius 2 is 2.44 bits per heavy atom. The average molecular weight is 258 g/mol. The van der Waals surface area contributed by atoms with Crippen LogP contribution in [0.4, 0.5) is 0 Å². The topological polar surface area (TPSA) is 80.9 Å². The van der Waals surface area contributed by atoms with Crippen molar-refractivity contribution < 1.29 is 9.47 Å². The number of aliphatic imine (C=N–C) groups is 1. The zero-order valence-electron chi connectivity index (χ0n) is 11.3. The van der Waals surface area contributed by atoms with Gasteiger partial charge in [0, 0.05) is 39.5 Å². The third kappa shape index (κ3) is 6.78. The van der Waals surface area contributed by atoms with E-state index < -0.39 is 0 Å². The normalized spacial score (nSPS) is 20.1. The van der Waals surface area contributed by atoms with Crippen LogP contribution in [0.5, 0.6) is 0 Å². The first-order chi connectivity index (χ1) is 8.86. The molecule has 1 fully saturated rings. The predicted octanol–water partition coefficient (Wildman–Crippen LogP) is 0.249. The Labute approximate surface area is 109 Å². The molecule has 6 heteroatoms. The Balaban J connectivity index is 2.05. The van der Waals surface area contributed by atoms with E-state index in [1.807, 2.05) is 6.92 Å². The van der Waals surface area contributed by atoms with Crippen molar-refractivity contribution in [3.05, 3.63) is 0 Å². The summed E-state index contributed by atoms with van der Waals surface area (Å²) in [7, 11) is 0. The first kappa shape index (κ1) is 15.2. The van der Waals surface area contributed by atoms with Gasteiger partial charge in [0.15, 0.2) is 0 Å². The average Bonchev–Trinajstić information content (AvgIpc) is 2.89. The Morgan fingerprint density at radius 1 is 1.56 bits per heavy atom. The number of nitrogens with one attached hydrogen (secondary N) is 2. The van der Waals surface area contributed by atoms with E-state index in [9.17, 15) is 0 Å². The maximum Gasteiger partial charge on any atom is 0.205 e. The molecule has 1 atom stereocenters. The van der Waals surface area contributed by atoms with Crippen molar-refractivity contribution in [3.63, 3.8) is 0 Å². The second kappa shape index (κ2) is 10.1. The molecule has 0 aromatic rings. The molecule has 0 spiro atoms. The zero-order valence-corrected chi connectivity index (χ0v) is 11.3. The van der Waals surface area contributed by atoms with Gasteiger partial charge in [0.1, 0.15) is 0 Å². The highest BCUT2D eigenvalue weighted by atomic mass is 16.5. The Kier molecular flexibility index (Phi) is 8.54. The molecule has 18 heavy (non-hydrogen) atoms. The second-order valence-corrected chi connectivity index (χ2v) is 4.37. The highest BCUT2D eigenvalue weighted by Crippen LogP contribution is 2.14. The quantitative estimate of drug-likeness (QED) is 0.191. The molecule has 1 rings (SSSR count). The third-order valence-corrected chi connectivity index (χ3v) is 2.93. The van der Waals surface area contributed by atoms with E-state index in [1.165, 1.54) is 6.42 Å². The second-order valence-electron chi connectivity index (χ2n) is 4.37. The molecule has 0 aromatic carbocycles. The van der Waals surface area contributed by atoms with Crippen LogP contribution >= 0.6 is 0 Å². The van der Waals surface area contributed by atoms with Crippen molar-refractivity contribution in [2.75, 3.05) is 39.5 Å². The predicted molar refractivity (Wildman–Crippen MR) is 72.3 cm³/mol. The molecular weight excluding hydrogens is 232 g/mol. The number of hydrazine groups is 1. The summed E-state index contributed by atoms with van der Waals surface area (Å²) in [6.07, 6.45) is 3.18. The lowest BCUT2D eigenvalue weighted by Crippen LogP contribution is -2.42. The maximum absolute atomic E-state index is 5.41. The van der Waals surface area contributed by atoms with Crippen LogP contribution in [-0.2, 0) is 9.47 Å². The van der Waals surface area contributed by atoms with Gasteiger partial charge >= 0.3 is 0 Å². The molecule has 1 unspecified atom stereocenters. The van der Waals surface area contributed by atoms with Gasteiger partial charge in [-0.05, 0) is 32.1 Å². The Morgan fingerprint density at radius 3 is 3.11 bits per heavy atom. The van der Waals surface area contributed by atoms with Gasteiger partial charge in [-0.1, -0.05) is 0 Å². The maximum atomic E-state index is 5.41. The third-order valence-electron chi connectivity index (χ3n) is 2.93. The lowest BCUT2D eigenvalue weighted by molar-refractivity contribution is 0.146. The fraction of sp³-hybridized carbons (Fsp3) is 0.917. The summed E-state index contributed by atoms with van der Waals surface area (Å²) in [6.45, 7) is 6.88. The van der Waals surface area contributed by atoms with E-state index in [-0.39, 0.29) is 0 Å². The van der Waals surface area contributed by atoms with Gasteiger partial charge in [-0.3, -0.25) is 10.4 Å². The first-order valence-corrected chi connectivity index (χ1v) is 6.77. The molecule has 1 aliphatic rings. The van der Waals surface area contributed by atoms with Crippen LogP contribution in [-0.4, -0.2) is 45.5 Å². The number of hydrogen-bond donors (Lipinski definition) is 3. The smallest absolute Gasteiger partial charge is 0.205 e. The van der Waals surface area contributed by atoms with Crippen molar-refractivity contribution in [2.24, 2.45) is 16.8 Å². The van der Waals surface area contributed by atoms with Crippen LogP contribution < -0.4 is 16.6 Å². The van der Waals surface area contributed by atoms with E-state index in [0.29, 0.717) is 11.9 Å². The molecule has 0 amide bonds. The summed E-state index contributed by atoms with van der Waals surface area (Å²) < 4.78 is 10.6. The highest BCUT2D eigenvalue weighted by molar-refractivity contribution is 5.79. The number of hydrogen-bond acceptors (Lipinski definition) is 4. The summed E-state index contributed by atoms with van der Waals surface area (Å²) in [5.41, 5.74) is 2.59. The lowest BCUT2D eigenvalue weighted by atomic mass is 10.1. The molecule has 1 saturated heterocycles. The highest BCUT2D eigenvalue weighted by Gasteiger charge is 2.14. The van der Waals surface area contributed by atoms with E-state index in [2.05, 4.69) is 15.7 Å². The molecular formula is C12H26N4O2. The summed E-state index contributed by atoms with van der Waals surface area (Å²) >= 11 is 0. The van der Waals surface area contributed by atoms with Gasteiger partial charge in [0.2, 0.25) is 5.96 Å². The number of ether oxygens (including phenoxy) is 2. The van der Waals surface area contributed by atoms with Crippen LogP contribution in [0, 0.1) is 5.92 Å². The molecule has 4 N–H and O–H groups in total. The minimum atomic E-state index is 0.658. The van der Waals surface area contributed by atoms with E-state index >= 15 is 0 Å². The van der Waals surface area contributed by atoms with Crippen molar-refractivity contribution >= 4 is 5.96 Å². The molecule has 1 heterocycles. The number of rotatable bonds is 8. The van der Waals surface area contributed by atoms with Crippen molar-refractivity contribution in [1.82, 2.24) is 10.7 Å². The fourth-order valence-electron chi connectivity index (χ4n) is 1.86. The minimum absolute atomic E-state index is 0.658. The van der Waals surface area contributed by atoms with Crippen LogP contribution in [0.15, 0.2) is 4.99 Å². The summed E-state index contributed by atoms with van der Waals surface area (Å²) in [5.74, 6) is 6.74. The van der Waals surface area contributed by atoms with Gasteiger partial charge < -0.3 is 14.8 Å². The molecule has 0 aliphatic carbocycles. The Bertz CT molecular complexity index is 230. The van der Waals surface area contributed by atoms with Crippen LogP contribution in [0.25, 0.3) is 0 Å². The van der Waals surface area contributed by atoms with Gasteiger partial charge in [0.25, 0.3) is 0 Å². The summed E-state index contributed by atoms with van der Waals surface area (Å²) in [6, 6.07) is 0. The summed E-state index contributed by atoms with van der Waals surface area (Å²) in [5, 5.41) is 3.20. The molecule has 0 radical (unpaired) electrons. The van der Waals surface area contributed by atoms with Crippen molar-refractivity contribution in [1.29, 1.82) is 0 Å². The van der Waals surface area contributed by atoms with Gasteiger partial charge in [-0.15, -0.1) is 0 Å². The number of nitrogens with two attached hydrogens (primary N) is 1. The molecule has 0 aromatic heterocycles. The van der Waals surface area contributed by atoms with E-state index in [1.54, 1.807) is 0 Å². The molecule has 1 aliphatic heterocycles. The molecule has 0 bridgehead atoms. The summed E-state index contributed by atoms with van der Waals surface area (Å²) in [4.78, 5) is 4.34. The van der Waals surface area contributed by atoms with Crippen LogP contribution in [0.1, 0.15) is 26.2 Å². The fourth-order valence-corrected chi connectivity index (χ4v) is 1.86. The van der Waals surface area contributed by atoms with Crippen molar-refractivity contribution in [2.45, 2.75) is 26.2 Å². The Hall–Kier alpha value is -0.850. The first-order valence-electron chi connectivity index (χ1n) is 6.77. The zero-order chi connectivity index (χ0) is 13.1. The largest absolute Gasteiger partial charge is 0.382 e.